The molecule has 2 nitrogen and oxygen atoms in total. The standard InChI is InChI=1S/C11H19NO/c1-2-3-4-5-6-7-8-11(13)9-10-12/h6-7,11,13H,2-5,8-9H2,1H3/b7-6+. The van der Waals surface area contributed by atoms with E-state index < -0.39 is 6.10 Å². The molecule has 0 aliphatic carbocycles. The lowest BCUT2D eigenvalue weighted by atomic mass is 10.1. The lowest BCUT2D eigenvalue weighted by molar-refractivity contribution is 0.183. The number of allylic oxidation sites excluding steroid dienone is 1. The molecule has 0 heterocycles. The highest BCUT2D eigenvalue weighted by atomic mass is 16.3. The summed E-state index contributed by atoms with van der Waals surface area (Å²) in [5.74, 6) is 0. The Bertz CT molecular complexity index is 169. The predicted octanol–water partition coefficient (Wildman–Crippen LogP) is 2.79. The van der Waals surface area contributed by atoms with Crippen molar-refractivity contribution >= 4 is 0 Å². The van der Waals surface area contributed by atoms with Crippen LogP contribution in [0.5, 0.6) is 0 Å². The highest BCUT2D eigenvalue weighted by Crippen LogP contribution is 2.02. The minimum atomic E-state index is -0.479. The topological polar surface area (TPSA) is 44.0 Å². The minimum absolute atomic E-state index is 0.235. The summed E-state index contributed by atoms with van der Waals surface area (Å²) in [5.41, 5.74) is 0. The van der Waals surface area contributed by atoms with E-state index in [0.717, 1.165) is 6.42 Å². The number of aliphatic hydroxyl groups excluding tert-OH is 1. The second kappa shape index (κ2) is 9.28. The van der Waals surface area contributed by atoms with Crippen LogP contribution in [-0.2, 0) is 0 Å². The lowest BCUT2D eigenvalue weighted by Gasteiger charge is -1.99. The molecule has 0 bridgehead atoms. The normalized spacial score (nSPS) is 13.0. The minimum Gasteiger partial charge on any atom is -0.392 e. The second-order valence-electron chi connectivity index (χ2n) is 3.22. The number of unbranched alkanes of at least 4 members (excludes halogenated alkanes) is 3. The summed E-state index contributed by atoms with van der Waals surface area (Å²) < 4.78 is 0. The average molecular weight is 181 g/mol. The van der Waals surface area contributed by atoms with Gasteiger partial charge in [-0.2, -0.15) is 5.26 Å². The van der Waals surface area contributed by atoms with Crippen molar-refractivity contribution in [2.75, 3.05) is 0 Å². The molecule has 13 heavy (non-hydrogen) atoms. The van der Waals surface area contributed by atoms with Crippen LogP contribution in [0.25, 0.3) is 0 Å². The van der Waals surface area contributed by atoms with Crippen LogP contribution < -0.4 is 0 Å². The van der Waals surface area contributed by atoms with Gasteiger partial charge in [0.25, 0.3) is 0 Å². The fraction of sp³-hybridized carbons (Fsp3) is 0.727. The van der Waals surface area contributed by atoms with Gasteiger partial charge in [0.2, 0.25) is 0 Å². The van der Waals surface area contributed by atoms with Crippen molar-refractivity contribution in [3.63, 3.8) is 0 Å². The third-order valence-electron chi connectivity index (χ3n) is 1.88. The molecule has 0 rings (SSSR count). The van der Waals surface area contributed by atoms with Gasteiger partial charge in [0.1, 0.15) is 0 Å². The Kier molecular flexibility index (Phi) is 8.70. The van der Waals surface area contributed by atoms with Crippen molar-refractivity contribution in [2.45, 2.75) is 51.6 Å². The largest absolute Gasteiger partial charge is 0.392 e. The lowest BCUT2D eigenvalue weighted by Crippen LogP contribution is -2.02. The van der Waals surface area contributed by atoms with E-state index >= 15 is 0 Å². The number of nitrogens with zero attached hydrogens (tertiary/aromatic N) is 1. The number of hydrogen-bond acceptors (Lipinski definition) is 2. The Balaban J connectivity index is 3.26. The van der Waals surface area contributed by atoms with E-state index in [0.29, 0.717) is 6.42 Å². The number of rotatable bonds is 7. The molecule has 0 saturated carbocycles. The molecule has 74 valence electrons. The molecular weight excluding hydrogens is 162 g/mol. The molecule has 1 unspecified atom stereocenters. The van der Waals surface area contributed by atoms with Crippen LogP contribution in [0.1, 0.15) is 45.4 Å². The molecule has 0 aromatic heterocycles. The van der Waals surface area contributed by atoms with E-state index in [4.69, 9.17) is 5.26 Å². The Morgan fingerprint density at radius 2 is 2.15 bits per heavy atom. The molecule has 0 amide bonds. The molecule has 0 aromatic rings. The van der Waals surface area contributed by atoms with Crippen molar-refractivity contribution < 1.29 is 5.11 Å². The maximum absolute atomic E-state index is 9.18. The summed E-state index contributed by atoms with van der Waals surface area (Å²) >= 11 is 0. The van der Waals surface area contributed by atoms with Gasteiger partial charge in [0, 0.05) is 0 Å². The van der Waals surface area contributed by atoms with Crippen LogP contribution >= 0.6 is 0 Å². The Labute approximate surface area is 80.9 Å². The van der Waals surface area contributed by atoms with E-state index in [1.54, 1.807) is 0 Å². The summed E-state index contributed by atoms with van der Waals surface area (Å²) in [7, 11) is 0. The van der Waals surface area contributed by atoms with Gasteiger partial charge < -0.3 is 5.11 Å². The van der Waals surface area contributed by atoms with Gasteiger partial charge in [0.05, 0.1) is 18.6 Å². The monoisotopic (exact) mass is 181 g/mol. The molecule has 0 radical (unpaired) electrons. The number of nitriles is 1. The highest BCUT2D eigenvalue weighted by molar-refractivity contribution is 4.86. The molecule has 0 saturated heterocycles. The van der Waals surface area contributed by atoms with E-state index in [1.807, 2.05) is 12.1 Å². The van der Waals surface area contributed by atoms with Gasteiger partial charge in [-0.1, -0.05) is 31.9 Å². The molecule has 2 heteroatoms. The smallest absolute Gasteiger partial charge is 0.0704 e. The van der Waals surface area contributed by atoms with Gasteiger partial charge in [0.15, 0.2) is 0 Å². The average Bonchev–Trinajstić information content (AvgIpc) is 2.11. The quantitative estimate of drug-likeness (QED) is 0.485. The maximum atomic E-state index is 9.18. The van der Waals surface area contributed by atoms with Gasteiger partial charge in [-0.05, 0) is 19.3 Å². The molecular formula is C11H19NO. The Morgan fingerprint density at radius 3 is 2.77 bits per heavy atom. The van der Waals surface area contributed by atoms with E-state index in [9.17, 15) is 5.11 Å². The zero-order valence-corrected chi connectivity index (χ0v) is 8.37. The first kappa shape index (κ1) is 12.2. The SMILES string of the molecule is CCCCC/C=C/CC(O)CC#N. The summed E-state index contributed by atoms with van der Waals surface area (Å²) in [6.07, 6.45) is 9.25. The van der Waals surface area contributed by atoms with Crippen molar-refractivity contribution in [3.8, 4) is 6.07 Å². The zero-order valence-electron chi connectivity index (χ0n) is 8.37. The van der Waals surface area contributed by atoms with Crippen LogP contribution in [0.15, 0.2) is 12.2 Å². The van der Waals surface area contributed by atoms with Crippen LogP contribution in [0.3, 0.4) is 0 Å². The maximum Gasteiger partial charge on any atom is 0.0704 e. The fourth-order valence-corrected chi connectivity index (χ4v) is 1.07. The fourth-order valence-electron chi connectivity index (χ4n) is 1.07. The third-order valence-corrected chi connectivity index (χ3v) is 1.88. The summed E-state index contributed by atoms with van der Waals surface area (Å²) in [4.78, 5) is 0. The first-order chi connectivity index (χ1) is 6.31. The summed E-state index contributed by atoms with van der Waals surface area (Å²) in [6.45, 7) is 2.18. The highest BCUT2D eigenvalue weighted by Gasteiger charge is 1.97. The van der Waals surface area contributed by atoms with Crippen LogP contribution in [0.4, 0.5) is 0 Å². The van der Waals surface area contributed by atoms with Gasteiger partial charge in [-0.3, -0.25) is 0 Å². The molecule has 0 fully saturated rings. The van der Waals surface area contributed by atoms with Crippen molar-refractivity contribution in [3.05, 3.63) is 12.2 Å². The predicted molar refractivity (Wildman–Crippen MR) is 54.1 cm³/mol. The second-order valence-corrected chi connectivity index (χ2v) is 3.22. The molecule has 0 aromatic carbocycles. The Hall–Kier alpha value is -0.810. The van der Waals surface area contributed by atoms with Gasteiger partial charge in [-0.15, -0.1) is 0 Å². The first-order valence-corrected chi connectivity index (χ1v) is 5.01. The molecule has 1 atom stereocenters. The zero-order chi connectivity index (χ0) is 9.94. The van der Waals surface area contributed by atoms with Crippen LogP contribution in [0, 0.1) is 11.3 Å². The molecule has 1 N–H and O–H groups in total. The van der Waals surface area contributed by atoms with Crippen LogP contribution in [-0.4, -0.2) is 11.2 Å². The number of hydrogen-bond donors (Lipinski definition) is 1. The summed E-state index contributed by atoms with van der Waals surface area (Å²) in [5, 5.41) is 17.5. The van der Waals surface area contributed by atoms with E-state index in [-0.39, 0.29) is 6.42 Å². The molecule has 0 spiro atoms. The Morgan fingerprint density at radius 1 is 1.38 bits per heavy atom. The van der Waals surface area contributed by atoms with Crippen LogP contribution in [0.2, 0.25) is 0 Å². The summed E-state index contributed by atoms with van der Waals surface area (Å²) in [6, 6.07) is 1.94. The van der Waals surface area contributed by atoms with E-state index in [1.165, 1.54) is 19.3 Å². The van der Waals surface area contributed by atoms with E-state index in [2.05, 4.69) is 13.0 Å². The first-order valence-electron chi connectivity index (χ1n) is 5.01. The van der Waals surface area contributed by atoms with Crippen molar-refractivity contribution in [1.82, 2.24) is 0 Å². The molecule has 0 aliphatic heterocycles. The van der Waals surface area contributed by atoms with Crippen molar-refractivity contribution in [1.29, 1.82) is 5.26 Å². The third kappa shape index (κ3) is 9.10. The molecule has 0 aliphatic rings. The van der Waals surface area contributed by atoms with Gasteiger partial charge in [-0.25, -0.2) is 0 Å². The van der Waals surface area contributed by atoms with Crippen molar-refractivity contribution in [2.24, 2.45) is 0 Å². The van der Waals surface area contributed by atoms with Gasteiger partial charge >= 0.3 is 0 Å². The number of aliphatic hydroxyl groups is 1.